The molecule has 0 saturated carbocycles. The van der Waals surface area contributed by atoms with Gasteiger partial charge in [0.1, 0.15) is 24.4 Å². The van der Waals surface area contributed by atoms with E-state index in [0.29, 0.717) is 5.02 Å². The van der Waals surface area contributed by atoms with E-state index in [1.807, 2.05) is 22.6 Å². The van der Waals surface area contributed by atoms with Crippen molar-refractivity contribution in [3.05, 3.63) is 34.9 Å². The van der Waals surface area contributed by atoms with Gasteiger partial charge in [-0.2, -0.15) is 0 Å². The summed E-state index contributed by atoms with van der Waals surface area (Å²) < 4.78 is 0.177. The third-order valence-corrected chi connectivity index (χ3v) is 4.39. The molecule has 4 atom stereocenters. The van der Waals surface area contributed by atoms with Crippen molar-refractivity contribution in [1.82, 2.24) is 4.90 Å². The Labute approximate surface area is 158 Å². The summed E-state index contributed by atoms with van der Waals surface area (Å²) in [6.07, 6.45) is -6.50. The van der Waals surface area contributed by atoms with Crippen LogP contribution in [0.25, 0.3) is 0 Å². The molecule has 1 aromatic carbocycles. The van der Waals surface area contributed by atoms with Crippen LogP contribution in [0.5, 0.6) is 0 Å². The Morgan fingerprint density at radius 3 is 2.12 bits per heavy atom. The van der Waals surface area contributed by atoms with E-state index in [1.165, 1.54) is 4.90 Å². The lowest BCUT2D eigenvalue weighted by Crippen LogP contribution is -2.50. The SMILES string of the molecule is O=C(CI)N(Cc1ccc(Cl)cc1)[13CH2][13CH](O)[13CH](O)[13CH](O)[13CH](O)[13CH2]O. The number of hydrogen-bond acceptors (Lipinski definition) is 6. The van der Waals surface area contributed by atoms with Crippen molar-refractivity contribution in [3.63, 3.8) is 0 Å². The van der Waals surface area contributed by atoms with Gasteiger partial charge in [-0.3, -0.25) is 4.79 Å². The Hall–Kier alpha value is -0.490. The first-order valence-corrected chi connectivity index (χ1v) is 9.11. The average molecular weight is 480 g/mol. The molecule has 0 saturated heterocycles. The van der Waals surface area contributed by atoms with Crippen LogP contribution < -0.4 is 0 Å². The van der Waals surface area contributed by atoms with Gasteiger partial charge in [0, 0.05) is 18.1 Å². The van der Waals surface area contributed by atoms with Gasteiger partial charge in [-0.15, -0.1) is 0 Å². The van der Waals surface area contributed by atoms with Gasteiger partial charge in [-0.25, -0.2) is 0 Å². The largest absolute Gasteiger partial charge is 0.394 e. The Morgan fingerprint density at radius 2 is 1.62 bits per heavy atom. The van der Waals surface area contributed by atoms with Crippen LogP contribution in [-0.4, -0.2) is 78.3 Å². The molecule has 5 N–H and O–H groups in total. The lowest BCUT2D eigenvalue weighted by atomic mass is 10.2. The molecule has 136 valence electrons. The normalized spacial score (nSPS) is 16.3. The number of aliphatic hydroxyl groups is 5. The summed E-state index contributed by atoms with van der Waals surface area (Å²) in [5.41, 5.74) is 0.787. The third kappa shape index (κ3) is 6.43. The number of carbonyl (C=O) groups is 1. The van der Waals surface area contributed by atoms with Gasteiger partial charge in [0.2, 0.25) is 5.91 Å². The Balaban J connectivity index is 2.78. The fourth-order valence-electron chi connectivity index (χ4n) is 2.05. The van der Waals surface area contributed by atoms with E-state index >= 15 is 0 Å². The second-order valence-electron chi connectivity index (χ2n) is 5.33. The molecule has 7 nitrogen and oxygen atoms in total. The maximum absolute atomic E-state index is 12.0. The minimum Gasteiger partial charge on any atom is -0.394 e. The number of alkyl halides is 1. The maximum atomic E-state index is 12.0. The molecule has 24 heavy (non-hydrogen) atoms. The number of nitrogens with zero attached hydrogens (tertiary/aromatic N) is 1. The second kappa shape index (κ2) is 10.5. The average Bonchev–Trinajstić information content (AvgIpc) is 2.59. The number of rotatable bonds is 9. The van der Waals surface area contributed by atoms with Crippen molar-refractivity contribution in [2.24, 2.45) is 0 Å². The van der Waals surface area contributed by atoms with Gasteiger partial charge >= 0.3 is 0 Å². The molecule has 0 aromatic heterocycles. The van der Waals surface area contributed by atoms with Gasteiger partial charge in [0.25, 0.3) is 0 Å². The summed E-state index contributed by atoms with van der Waals surface area (Å²) in [5, 5.41) is 48.2. The fraction of sp³-hybridized carbons (Fsp3) is 0.533. The smallest absolute Gasteiger partial charge is 0.232 e. The van der Waals surface area contributed by atoms with Crippen LogP contribution in [0.3, 0.4) is 0 Å². The van der Waals surface area contributed by atoms with E-state index in [1.54, 1.807) is 24.3 Å². The zero-order valence-corrected chi connectivity index (χ0v) is 15.7. The van der Waals surface area contributed by atoms with Gasteiger partial charge < -0.3 is 30.4 Å². The van der Waals surface area contributed by atoms with Crippen molar-refractivity contribution >= 4 is 40.1 Å². The van der Waals surface area contributed by atoms with Crippen LogP contribution >= 0.6 is 34.2 Å². The predicted octanol–water partition coefficient (Wildman–Crippen LogP) is -0.461. The molecular weight excluding hydrogens is 458 g/mol. The highest BCUT2D eigenvalue weighted by atomic mass is 127. The highest BCUT2D eigenvalue weighted by Crippen LogP contribution is 2.14. The summed E-state index contributed by atoms with van der Waals surface area (Å²) in [4.78, 5) is 13.4. The van der Waals surface area contributed by atoms with E-state index in [0.717, 1.165) is 5.56 Å². The van der Waals surface area contributed by atoms with E-state index in [9.17, 15) is 25.2 Å². The maximum Gasteiger partial charge on any atom is 0.232 e. The number of amides is 1. The molecule has 0 aliphatic heterocycles. The van der Waals surface area contributed by atoms with Crippen LogP contribution in [0.2, 0.25) is 5.02 Å². The molecule has 1 amide bonds. The summed E-state index contributed by atoms with van der Waals surface area (Å²) >= 11 is 7.71. The van der Waals surface area contributed by atoms with E-state index in [2.05, 4.69) is 0 Å². The zero-order valence-electron chi connectivity index (χ0n) is 12.8. The quantitative estimate of drug-likeness (QED) is 0.186. The van der Waals surface area contributed by atoms with Crippen molar-refractivity contribution in [1.29, 1.82) is 0 Å². The van der Waals surface area contributed by atoms with Crippen LogP contribution in [0, 0.1) is 0 Å². The van der Waals surface area contributed by atoms with Crippen LogP contribution in [0.4, 0.5) is 0 Å². The first-order valence-electron chi connectivity index (χ1n) is 7.21. The third-order valence-electron chi connectivity index (χ3n) is 3.49. The molecular formula is C15H21ClINO6. The van der Waals surface area contributed by atoms with Crippen molar-refractivity contribution in [3.8, 4) is 0 Å². The molecule has 1 aromatic rings. The Morgan fingerprint density at radius 1 is 1.08 bits per heavy atom. The minimum atomic E-state index is -1.72. The molecule has 0 fully saturated rings. The molecule has 0 aliphatic carbocycles. The molecule has 1 rings (SSSR count). The number of halogens is 2. The van der Waals surface area contributed by atoms with Gasteiger partial charge in [-0.1, -0.05) is 46.3 Å². The van der Waals surface area contributed by atoms with E-state index in [-0.39, 0.29) is 23.4 Å². The summed E-state index contributed by atoms with van der Waals surface area (Å²) in [7, 11) is 0. The fourth-order valence-corrected chi connectivity index (χ4v) is 2.65. The van der Waals surface area contributed by atoms with Crippen LogP contribution in [0.1, 0.15) is 5.56 Å². The molecule has 0 spiro atoms. The Kier molecular flexibility index (Phi) is 9.42. The van der Waals surface area contributed by atoms with Crippen molar-refractivity contribution < 1.29 is 30.3 Å². The lowest BCUT2D eigenvalue weighted by molar-refractivity contribution is -0.138. The van der Waals surface area contributed by atoms with Gasteiger partial charge in [0.15, 0.2) is 0 Å². The number of benzene rings is 1. The monoisotopic (exact) mass is 479 g/mol. The molecule has 9 heteroatoms. The van der Waals surface area contributed by atoms with Crippen LogP contribution in [0.15, 0.2) is 24.3 Å². The molecule has 4 unspecified atom stereocenters. The lowest BCUT2D eigenvalue weighted by Gasteiger charge is -2.30. The number of carbonyl (C=O) groups excluding carboxylic acids is 1. The molecule has 0 heterocycles. The highest BCUT2D eigenvalue weighted by Gasteiger charge is 2.31. The summed E-state index contributed by atoms with van der Waals surface area (Å²) in [6, 6.07) is 6.83. The first-order chi connectivity index (χ1) is 11.3. The minimum absolute atomic E-state index is 0.177. The zero-order chi connectivity index (χ0) is 18.3. The summed E-state index contributed by atoms with van der Waals surface area (Å²) in [5.74, 6) is -0.256. The van der Waals surface area contributed by atoms with Crippen LogP contribution in [-0.2, 0) is 11.3 Å². The van der Waals surface area contributed by atoms with Crippen molar-refractivity contribution in [2.45, 2.75) is 31.0 Å². The van der Waals surface area contributed by atoms with E-state index < -0.39 is 31.0 Å². The summed E-state index contributed by atoms with van der Waals surface area (Å²) in [6.45, 7) is -0.797. The number of aliphatic hydroxyl groups excluding tert-OH is 5. The first kappa shape index (κ1) is 21.6. The Bertz CT molecular complexity index is 517. The standard InChI is InChI=1S/C15H21ClINO6/c16-10-3-1-9(2-4-10)6-18(13(22)5-17)7-11(20)14(23)15(24)12(21)8-19/h1-4,11-12,14-15,19-21,23-24H,5-8H2/i7+1,8+1,11+1,12+1,14+1,15+1. The van der Waals surface area contributed by atoms with Gasteiger partial charge in [-0.05, 0) is 17.7 Å². The van der Waals surface area contributed by atoms with Gasteiger partial charge in [0.05, 0.1) is 11.0 Å². The molecule has 0 bridgehead atoms. The molecule has 0 radical (unpaired) electrons. The number of hydrogen-bond donors (Lipinski definition) is 5. The second-order valence-corrected chi connectivity index (χ2v) is 6.53. The highest BCUT2D eigenvalue weighted by molar-refractivity contribution is 14.1. The topological polar surface area (TPSA) is 121 Å². The van der Waals surface area contributed by atoms with Crippen molar-refractivity contribution in [2.75, 3.05) is 17.6 Å². The molecule has 0 aliphatic rings. The predicted molar refractivity (Wildman–Crippen MR) is 96.9 cm³/mol. The van der Waals surface area contributed by atoms with E-state index in [4.69, 9.17) is 16.7 Å².